The van der Waals surface area contributed by atoms with Crippen molar-refractivity contribution in [2.75, 3.05) is 7.11 Å². The number of methoxy groups -OCH3 is 1. The van der Waals surface area contributed by atoms with E-state index in [1.165, 1.54) is 17.8 Å². The molecule has 0 aliphatic rings. The quantitative estimate of drug-likeness (QED) is 0.532. The number of aryl methyl sites for hydroxylation is 2. The number of benzene rings is 1. The summed E-state index contributed by atoms with van der Waals surface area (Å²) in [5, 5.41) is 0. The molecule has 0 saturated heterocycles. The lowest BCUT2D eigenvalue weighted by atomic mass is 10.1. The van der Waals surface area contributed by atoms with E-state index in [1.807, 2.05) is 30.3 Å². The van der Waals surface area contributed by atoms with E-state index >= 15 is 0 Å². The predicted octanol–water partition coefficient (Wildman–Crippen LogP) is 2.42. The Balaban J connectivity index is 1.85. The van der Waals surface area contributed by atoms with E-state index in [9.17, 15) is 9.59 Å². The monoisotopic (exact) mass is 324 g/mol. The molecule has 3 rings (SSSR count). The van der Waals surface area contributed by atoms with Crippen molar-refractivity contribution in [1.29, 1.82) is 0 Å². The summed E-state index contributed by atoms with van der Waals surface area (Å²) in [6, 6.07) is 11.6. The number of ether oxygens (including phenoxy) is 1. The van der Waals surface area contributed by atoms with Crippen LogP contribution in [0.15, 0.2) is 57.9 Å². The first kappa shape index (κ1) is 15.7. The number of aromatic nitrogens is 2. The highest BCUT2D eigenvalue weighted by molar-refractivity contribution is 5.87. The smallest absolute Gasteiger partial charge is 0.421 e. The van der Waals surface area contributed by atoms with Gasteiger partial charge >= 0.3 is 11.7 Å². The molecule has 2 aromatic heterocycles. The molecule has 0 unspecified atom stereocenters. The van der Waals surface area contributed by atoms with Crippen LogP contribution >= 0.6 is 0 Å². The summed E-state index contributed by atoms with van der Waals surface area (Å²) in [5.41, 5.74) is 2.67. The fourth-order valence-electron chi connectivity index (χ4n) is 2.37. The summed E-state index contributed by atoms with van der Waals surface area (Å²) in [6.45, 7) is 0.486. The molecule has 1 aromatic carbocycles. The third-order valence-electron chi connectivity index (χ3n) is 3.61. The zero-order chi connectivity index (χ0) is 16.9. The van der Waals surface area contributed by atoms with Crippen LogP contribution in [-0.2, 0) is 22.5 Å². The summed E-state index contributed by atoms with van der Waals surface area (Å²) in [7, 11) is 1.31. The maximum absolute atomic E-state index is 12.0. The number of rotatable bonds is 5. The number of nitrogens with zero attached hydrogens (tertiary/aromatic N) is 2. The molecule has 0 fully saturated rings. The number of carbonyl (C=O) groups excluding carboxylic acids is 1. The van der Waals surface area contributed by atoms with Crippen molar-refractivity contribution in [2.24, 2.45) is 0 Å². The van der Waals surface area contributed by atoms with Crippen LogP contribution in [0, 0.1) is 0 Å². The third kappa shape index (κ3) is 3.43. The molecule has 0 aliphatic carbocycles. The van der Waals surface area contributed by atoms with Gasteiger partial charge < -0.3 is 9.15 Å². The highest BCUT2D eigenvalue weighted by Crippen LogP contribution is 2.14. The molecular formula is C18H16N2O4. The van der Waals surface area contributed by atoms with Crippen LogP contribution in [0.1, 0.15) is 11.1 Å². The highest BCUT2D eigenvalue weighted by atomic mass is 16.5. The molecule has 0 radical (unpaired) electrons. The van der Waals surface area contributed by atoms with E-state index in [-0.39, 0.29) is 0 Å². The lowest BCUT2D eigenvalue weighted by Gasteiger charge is -2.02. The van der Waals surface area contributed by atoms with Gasteiger partial charge in [-0.15, -0.1) is 0 Å². The van der Waals surface area contributed by atoms with Crippen molar-refractivity contribution < 1.29 is 13.9 Å². The van der Waals surface area contributed by atoms with Crippen molar-refractivity contribution in [2.45, 2.75) is 13.0 Å². The Morgan fingerprint density at radius 3 is 2.88 bits per heavy atom. The van der Waals surface area contributed by atoms with Crippen LogP contribution in [0.4, 0.5) is 0 Å². The van der Waals surface area contributed by atoms with Gasteiger partial charge in [0.25, 0.3) is 0 Å². The standard InChI is InChI=1S/C18H16N2O4/c1-23-16(21)8-7-14-11-15-17(19-12-14)20(18(22)24-15)10-9-13-5-3-2-4-6-13/h2-8,11-12H,9-10H2,1H3/b8-7+. The number of carbonyl (C=O) groups is 1. The minimum absolute atomic E-state index is 0.389. The van der Waals surface area contributed by atoms with Crippen molar-refractivity contribution in [3.05, 3.63) is 70.3 Å². The van der Waals surface area contributed by atoms with E-state index < -0.39 is 11.7 Å². The number of esters is 1. The molecule has 6 heteroatoms. The van der Waals surface area contributed by atoms with Crippen molar-refractivity contribution in [3.63, 3.8) is 0 Å². The minimum Gasteiger partial charge on any atom is -0.466 e. The molecule has 0 aliphatic heterocycles. The van der Waals surface area contributed by atoms with Gasteiger partial charge in [0.05, 0.1) is 7.11 Å². The molecule has 0 N–H and O–H groups in total. The van der Waals surface area contributed by atoms with Crippen LogP contribution in [0.25, 0.3) is 17.3 Å². The van der Waals surface area contributed by atoms with Crippen LogP contribution < -0.4 is 5.76 Å². The summed E-state index contributed by atoms with van der Waals surface area (Å²) in [6.07, 6.45) is 5.13. The summed E-state index contributed by atoms with van der Waals surface area (Å²) in [5.74, 6) is -0.903. The van der Waals surface area contributed by atoms with E-state index in [2.05, 4.69) is 9.72 Å². The molecule has 0 spiro atoms. The van der Waals surface area contributed by atoms with Crippen molar-refractivity contribution in [1.82, 2.24) is 9.55 Å². The third-order valence-corrected chi connectivity index (χ3v) is 3.61. The average molecular weight is 324 g/mol. The number of fused-ring (bicyclic) bond motifs is 1. The Morgan fingerprint density at radius 2 is 2.12 bits per heavy atom. The zero-order valence-corrected chi connectivity index (χ0v) is 13.1. The van der Waals surface area contributed by atoms with Crippen LogP contribution in [0.2, 0.25) is 0 Å². The number of hydrogen-bond donors (Lipinski definition) is 0. The molecule has 0 atom stereocenters. The Bertz CT molecular complexity index is 939. The fourth-order valence-corrected chi connectivity index (χ4v) is 2.37. The largest absolute Gasteiger partial charge is 0.466 e. The van der Waals surface area contributed by atoms with Gasteiger partial charge in [0, 0.05) is 18.8 Å². The zero-order valence-electron chi connectivity index (χ0n) is 13.1. The first-order valence-corrected chi connectivity index (χ1v) is 7.47. The normalized spacial score (nSPS) is 11.2. The van der Waals surface area contributed by atoms with E-state index in [1.54, 1.807) is 18.3 Å². The second-order valence-electron chi connectivity index (χ2n) is 5.20. The van der Waals surface area contributed by atoms with Gasteiger partial charge in [0.2, 0.25) is 0 Å². The van der Waals surface area contributed by atoms with Crippen LogP contribution in [0.5, 0.6) is 0 Å². The predicted molar refractivity (Wildman–Crippen MR) is 89.5 cm³/mol. The fraction of sp³-hybridized carbons (Fsp3) is 0.167. The number of pyridine rings is 1. The topological polar surface area (TPSA) is 74.3 Å². The lowest BCUT2D eigenvalue weighted by molar-refractivity contribution is -0.134. The van der Waals surface area contributed by atoms with E-state index in [0.29, 0.717) is 29.8 Å². The number of hydrogen-bond acceptors (Lipinski definition) is 5. The first-order valence-electron chi connectivity index (χ1n) is 7.47. The average Bonchev–Trinajstić information content (AvgIpc) is 2.93. The number of oxazole rings is 1. The Morgan fingerprint density at radius 1 is 1.33 bits per heavy atom. The molecule has 0 bridgehead atoms. The van der Waals surface area contributed by atoms with E-state index in [0.717, 1.165) is 5.56 Å². The maximum Gasteiger partial charge on any atom is 0.421 e. The van der Waals surface area contributed by atoms with Gasteiger partial charge in [0.15, 0.2) is 11.2 Å². The summed E-state index contributed by atoms with van der Waals surface area (Å²) in [4.78, 5) is 27.5. The molecule has 24 heavy (non-hydrogen) atoms. The van der Waals surface area contributed by atoms with Gasteiger partial charge in [-0.1, -0.05) is 30.3 Å². The first-order chi connectivity index (χ1) is 11.7. The second kappa shape index (κ2) is 6.95. The minimum atomic E-state index is -0.461. The van der Waals surface area contributed by atoms with Gasteiger partial charge in [-0.3, -0.25) is 4.57 Å². The highest BCUT2D eigenvalue weighted by Gasteiger charge is 2.11. The molecule has 0 saturated carbocycles. The van der Waals surface area contributed by atoms with Crippen molar-refractivity contribution in [3.8, 4) is 0 Å². The Labute approximate surface area is 138 Å². The Hall–Kier alpha value is -3.15. The van der Waals surface area contributed by atoms with Gasteiger partial charge in [0.1, 0.15) is 0 Å². The summed E-state index contributed by atoms with van der Waals surface area (Å²) < 4.78 is 11.3. The Kier molecular flexibility index (Phi) is 4.56. The van der Waals surface area contributed by atoms with Crippen LogP contribution in [-0.4, -0.2) is 22.6 Å². The van der Waals surface area contributed by atoms with Gasteiger partial charge in [-0.2, -0.15) is 0 Å². The molecular weight excluding hydrogens is 308 g/mol. The summed E-state index contributed by atoms with van der Waals surface area (Å²) >= 11 is 0. The molecule has 6 nitrogen and oxygen atoms in total. The molecule has 0 amide bonds. The van der Waals surface area contributed by atoms with Gasteiger partial charge in [-0.25, -0.2) is 14.6 Å². The van der Waals surface area contributed by atoms with Crippen molar-refractivity contribution >= 4 is 23.3 Å². The molecule has 2 heterocycles. The van der Waals surface area contributed by atoms with Crippen LogP contribution in [0.3, 0.4) is 0 Å². The van der Waals surface area contributed by atoms with Gasteiger partial charge in [-0.05, 0) is 29.7 Å². The lowest BCUT2D eigenvalue weighted by Crippen LogP contribution is -2.16. The SMILES string of the molecule is COC(=O)/C=C/c1cnc2c(c1)oc(=O)n2CCc1ccccc1. The van der Waals surface area contributed by atoms with E-state index in [4.69, 9.17) is 4.42 Å². The maximum atomic E-state index is 12.0. The molecule has 122 valence electrons. The molecule has 3 aromatic rings. The second-order valence-corrected chi connectivity index (χ2v) is 5.20.